The highest BCUT2D eigenvalue weighted by Gasteiger charge is 2.82. The molecule has 0 unspecified atom stereocenters. The van der Waals surface area contributed by atoms with Crippen LogP contribution in [0.2, 0.25) is 0 Å². The van der Waals surface area contributed by atoms with Gasteiger partial charge in [0.1, 0.15) is 0 Å². The van der Waals surface area contributed by atoms with Gasteiger partial charge in [-0.1, -0.05) is 39.3 Å². The molecule has 0 amide bonds. The van der Waals surface area contributed by atoms with E-state index < -0.39 is 17.5 Å². The number of aliphatic carboxylic acids is 1. The first-order valence-corrected chi connectivity index (χ1v) is 13.9. The summed E-state index contributed by atoms with van der Waals surface area (Å²) in [5, 5.41) is 23.1. The summed E-state index contributed by atoms with van der Waals surface area (Å²) in [6, 6.07) is 0. The highest BCUT2D eigenvalue weighted by Crippen LogP contribution is 2.89. The van der Waals surface area contributed by atoms with Crippen molar-refractivity contribution in [1.29, 1.82) is 0 Å². The molecule has 5 aliphatic carbocycles. The summed E-state index contributed by atoms with van der Waals surface area (Å²) >= 11 is 0. The lowest BCUT2D eigenvalue weighted by Crippen LogP contribution is -2.62. The zero-order valence-corrected chi connectivity index (χ0v) is 22.0. The van der Waals surface area contributed by atoms with Crippen LogP contribution in [0.5, 0.6) is 0 Å². The van der Waals surface area contributed by atoms with Crippen LogP contribution in [0.4, 0.5) is 0 Å². The van der Waals surface area contributed by atoms with Gasteiger partial charge in [-0.05, 0) is 130 Å². The minimum Gasteiger partial charge on any atom is -0.549 e. The van der Waals surface area contributed by atoms with E-state index in [0.717, 1.165) is 37.0 Å². The molecule has 2 spiro atoms. The first-order chi connectivity index (χ1) is 15.4. The number of aliphatic hydroxyl groups excluding tert-OH is 1. The zero-order valence-electron chi connectivity index (χ0n) is 22.0. The molecule has 186 valence electrons. The Morgan fingerprint density at radius 1 is 0.970 bits per heavy atom. The van der Waals surface area contributed by atoms with E-state index in [1.54, 1.807) is 6.92 Å². The molecule has 0 aromatic heterocycles. The van der Waals surface area contributed by atoms with Gasteiger partial charge in [-0.3, -0.25) is 0 Å². The highest BCUT2D eigenvalue weighted by atomic mass is 16.4. The van der Waals surface area contributed by atoms with Crippen LogP contribution in [0.25, 0.3) is 0 Å². The van der Waals surface area contributed by atoms with Crippen LogP contribution in [0.1, 0.15) is 112 Å². The summed E-state index contributed by atoms with van der Waals surface area (Å²) in [5.74, 6) is 1.36. The van der Waals surface area contributed by atoms with Crippen molar-refractivity contribution in [1.82, 2.24) is 0 Å². The molecule has 0 bridgehead atoms. The largest absolute Gasteiger partial charge is 0.549 e. The second-order valence-electron chi connectivity index (χ2n) is 14.1. The first kappa shape index (κ1) is 23.9. The molecule has 0 aliphatic heterocycles. The van der Waals surface area contributed by atoms with Gasteiger partial charge in [-0.25, -0.2) is 0 Å². The van der Waals surface area contributed by atoms with E-state index in [-0.39, 0.29) is 11.3 Å². The van der Waals surface area contributed by atoms with Gasteiger partial charge in [0, 0.05) is 5.41 Å². The maximum absolute atomic E-state index is 12.3. The van der Waals surface area contributed by atoms with Gasteiger partial charge in [-0.15, -0.1) is 0 Å². The standard InChI is InChI=1S/C30H48O3/c1-19(2)8-7-9-20(3)21-12-14-27(5)22-10-11-23-28(6,25(32)33)24(31)13-15-29(23)18-30(22,29)17-16-26(21,27)4/h8,20-24,31H,7,9-18H2,1-6H3,(H,32,33)/p-1/t20-,21-,22+,23+,24+,26-,27+,28+,29-,30+/m1/s1. The Kier molecular flexibility index (Phi) is 5.31. The number of carbonyl (C=O) groups excluding carboxylic acids is 1. The third-order valence-electron chi connectivity index (χ3n) is 13.1. The maximum atomic E-state index is 12.3. The molecule has 0 saturated heterocycles. The smallest absolute Gasteiger partial charge is 0.0649 e. The van der Waals surface area contributed by atoms with Crippen LogP contribution >= 0.6 is 0 Å². The van der Waals surface area contributed by atoms with Crippen molar-refractivity contribution in [2.75, 3.05) is 0 Å². The zero-order chi connectivity index (χ0) is 24.0. The maximum Gasteiger partial charge on any atom is 0.0649 e. The van der Waals surface area contributed by atoms with Crippen molar-refractivity contribution in [3.05, 3.63) is 11.6 Å². The van der Waals surface area contributed by atoms with Crippen molar-refractivity contribution in [2.45, 2.75) is 118 Å². The molecule has 5 rings (SSSR count). The minimum atomic E-state index is -1.08. The molecule has 1 N–H and O–H groups in total. The fourth-order valence-corrected chi connectivity index (χ4v) is 11.1. The summed E-state index contributed by atoms with van der Waals surface area (Å²) < 4.78 is 0. The number of carboxylic acids is 1. The number of carbonyl (C=O) groups is 1. The number of carboxylic acid groups (broad SMARTS) is 1. The van der Waals surface area contributed by atoms with Crippen LogP contribution in [-0.4, -0.2) is 17.2 Å². The molecule has 0 aromatic rings. The fourth-order valence-electron chi connectivity index (χ4n) is 11.1. The molecular weight excluding hydrogens is 408 g/mol. The third kappa shape index (κ3) is 2.81. The molecule has 0 heterocycles. The molecular formula is C30H47O3-. The van der Waals surface area contributed by atoms with E-state index in [1.807, 2.05) is 0 Å². The number of allylic oxidation sites excluding steroid dienone is 2. The second kappa shape index (κ2) is 7.34. The summed E-state index contributed by atoms with van der Waals surface area (Å²) in [5.41, 5.74) is 1.58. The molecule has 10 atom stereocenters. The number of hydrogen-bond donors (Lipinski definition) is 1. The second-order valence-corrected chi connectivity index (χ2v) is 14.1. The molecule has 5 saturated carbocycles. The van der Waals surface area contributed by atoms with Crippen LogP contribution in [0.15, 0.2) is 11.6 Å². The van der Waals surface area contributed by atoms with Gasteiger partial charge in [-0.2, -0.15) is 0 Å². The Labute approximate surface area is 201 Å². The van der Waals surface area contributed by atoms with Crippen molar-refractivity contribution < 1.29 is 15.0 Å². The van der Waals surface area contributed by atoms with E-state index in [2.05, 4.69) is 40.7 Å². The topological polar surface area (TPSA) is 60.4 Å². The monoisotopic (exact) mass is 455 g/mol. The van der Waals surface area contributed by atoms with Crippen molar-refractivity contribution in [2.24, 2.45) is 50.7 Å². The molecule has 5 fully saturated rings. The Balaban J connectivity index is 1.43. The van der Waals surface area contributed by atoms with Gasteiger partial charge < -0.3 is 15.0 Å². The summed E-state index contributed by atoms with van der Waals surface area (Å²) in [6.07, 6.45) is 14.4. The van der Waals surface area contributed by atoms with E-state index >= 15 is 0 Å². The summed E-state index contributed by atoms with van der Waals surface area (Å²) in [7, 11) is 0. The summed E-state index contributed by atoms with van der Waals surface area (Å²) in [6.45, 7) is 14.0. The highest BCUT2D eigenvalue weighted by molar-refractivity contribution is 5.74. The number of aliphatic hydroxyl groups is 1. The van der Waals surface area contributed by atoms with E-state index in [0.29, 0.717) is 22.7 Å². The molecule has 3 heteroatoms. The number of fused-ring (bicyclic) bond motifs is 2. The van der Waals surface area contributed by atoms with E-state index in [9.17, 15) is 15.0 Å². The van der Waals surface area contributed by atoms with E-state index in [4.69, 9.17) is 0 Å². The van der Waals surface area contributed by atoms with Gasteiger partial charge in [0.2, 0.25) is 0 Å². The van der Waals surface area contributed by atoms with Crippen LogP contribution in [0.3, 0.4) is 0 Å². The van der Waals surface area contributed by atoms with Gasteiger partial charge in [0.25, 0.3) is 0 Å². The molecule has 0 aromatic carbocycles. The summed E-state index contributed by atoms with van der Waals surface area (Å²) in [4.78, 5) is 12.3. The molecule has 33 heavy (non-hydrogen) atoms. The van der Waals surface area contributed by atoms with Gasteiger partial charge in [0.05, 0.1) is 12.1 Å². The van der Waals surface area contributed by atoms with Crippen molar-refractivity contribution in [3.8, 4) is 0 Å². The lowest BCUT2D eigenvalue weighted by atomic mass is 9.41. The van der Waals surface area contributed by atoms with Gasteiger partial charge in [0.15, 0.2) is 0 Å². The molecule has 5 aliphatic rings. The van der Waals surface area contributed by atoms with Crippen LogP contribution < -0.4 is 5.11 Å². The average Bonchev–Trinajstić information content (AvgIpc) is 3.33. The molecule has 3 nitrogen and oxygen atoms in total. The van der Waals surface area contributed by atoms with Crippen molar-refractivity contribution in [3.63, 3.8) is 0 Å². The predicted octanol–water partition coefficient (Wildman–Crippen LogP) is 5.90. The first-order valence-electron chi connectivity index (χ1n) is 13.9. The van der Waals surface area contributed by atoms with E-state index in [1.165, 1.54) is 50.5 Å². The normalized spacial score (nSPS) is 53.2. The van der Waals surface area contributed by atoms with Crippen molar-refractivity contribution >= 4 is 5.97 Å². The Morgan fingerprint density at radius 3 is 2.30 bits per heavy atom. The Bertz CT molecular complexity index is 859. The quantitative estimate of drug-likeness (QED) is 0.525. The Morgan fingerprint density at radius 2 is 1.64 bits per heavy atom. The lowest BCUT2D eigenvalue weighted by Gasteiger charge is -2.63. The Hall–Kier alpha value is -0.830. The predicted molar refractivity (Wildman–Crippen MR) is 130 cm³/mol. The minimum absolute atomic E-state index is 0.0863. The van der Waals surface area contributed by atoms with Gasteiger partial charge >= 0.3 is 0 Å². The number of rotatable bonds is 5. The van der Waals surface area contributed by atoms with Crippen LogP contribution in [-0.2, 0) is 4.79 Å². The van der Waals surface area contributed by atoms with Crippen LogP contribution in [0, 0.1) is 50.7 Å². The number of hydrogen-bond acceptors (Lipinski definition) is 3. The third-order valence-corrected chi connectivity index (χ3v) is 13.1. The fraction of sp³-hybridized carbons (Fsp3) is 0.900. The SMILES string of the molecule is CC(C)=CCC[C@@H](C)[C@H]1CC[C@@]2(C)[C@@H]3CC[C@H]4[C@](C)(C(=O)[O-])[C@@H](O)CC[C@@]45C[C@@]35CC[C@]12C. The molecule has 0 radical (unpaired) electrons. The average molecular weight is 456 g/mol. The lowest BCUT2D eigenvalue weighted by molar-refractivity contribution is -0.332.